The van der Waals surface area contributed by atoms with Crippen molar-refractivity contribution in [1.82, 2.24) is 4.98 Å². The third-order valence-corrected chi connectivity index (χ3v) is 2.18. The van der Waals surface area contributed by atoms with Crippen molar-refractivity contribution in [2.75, 3.05) is 12.3 Å². The first kappa shape index (κ1) is 10.9. The van der Waals surface area contributed by atoms with Crippen LogP contribution in [-0.4, -0.2) is 22.2 Å². The van der Waals surface area contributed by atoms with E-state index < -0.39 is 5.60 Å². The predicted molar refractivity (Wildman–Crippen MR) is 56.6 cm³/mol. The smallest absolute Gasteiger partial charge is 0.126 e. The van der Waals surface area contributed by atoms with E-state index >= 15 is 0 Å². The molecule has 0 aliphatic carbocycles. The highest BCUT2D eigenvalue weighted by Gasteiger charge is 2.20. The minimum Gasteiger partial charge on any atom is -0.390 e. The molecule has 4 nitrogen and oxygen atoms in total. The Morgan fingerprint density at radius 3 is 2.86 bits per heavy atom. The summed E-state index contributed by atoms with van der Waals surface area (Å²) in [6, 6.07) is 3.68. The third kappa shape index (κ3) is 2.97. The molecule has 1 aromatic heterocycles. The summed E-state index contributed by atoms with van der Waals surface area (Å²) in [7, 11) is 0. The van der Waals surface area contributed by atoms with Gasteiger partial charge in [-0.3, -0.25) is 0 Å². The average molecular weight is 195 g/mol. The molecule has 0 radical (unpaired) electrons. The number of nitrogens with zero attached hydrogens (tertiary/aromatic N) is 1. The van der Waals surface area contributed by atoms with Crippen LogP contribution >= 0.6 is 0 Å². The van der Waals surface area contributed by atoms with Crippen molar-refractivity contribution in [2.45, 2.75) is 25.4 Å². The fourth-order valence-corrected chi connectivity index (χ4v) is 1.41. The molecule has 1 unspecified atom stereocenters. The summed E-state index contributed by atoms with van der Waals surface area (Å²) >= 11 is 0. The largest absolute Gasteiger partial charge is 0.390 e. The molecule has 1 atom stereocenters. The quantitative estimate of drug-likeness (QED) is 0.645. The van der Waals surface area contributed by atoms with Gasteiger partial charge in [0.2, 0.25) is 0 Å². The number of hydrogen-bond acceptors (Lipinski definition) is 4. The fraction of sp³-hybridized carbons (Fsp3) is 0.500. The Balaban J connectivity index is 2.73. The SMILES string of the molecule is CC(O)(CCN)Cc1cccnc1N. The topological polar surface area (TPSA) is 85.2 Å². The molecule has 78 valence electrons. The summed E-state index contributed by atoms with van der Waals surface area (Å²) in [6.07, 6.45) is 2.68. The van der Waals surface area contributed by atoms with Gasteiger partial charge in [-0.2, -0.15) is 0 Å². The lowest BCUT2D eigenvalue weighted by atomic mass is 9.94. The Bertz CT molecular complexity index is 299. The van der Waals surface area contributed by atoms with Gasteiger partial charge in [0.1, 0.15) is 5.82 Å². The summed E-state index contributed by atoms with van der Waals surface area (Å²) in [5, 5.41) is 9.93. The van der Waals surface area contributed by atoms with Crippen molar-refractivity contribution in [1.29, 1.82) is 0 Å². The van der Waals surface area contributed by atoms with Crippen LogP contribution < -0.4 is 11.5 Å². The van der Waals surface area contributed by atoms with Crippen LogP contribution in [0.2, 0.25) is 0 Å². The van der Waals surface area contributed by atoms with Crippen molar-refractivity contribution in [3.05, 3.63) is 23.9 Å². The Hall–Kier alpha value is -1.13. The Labute approximate surface area is 83.9 Å². The summed E-state index contributed by atoms with van der Waals surface area (Å²) in [5.74, 6) is 0.477. The lowest BCUT2D eigenvalue weighted by Gasteiger charge is -2.22. The average Bonchev–Trinajstić information content (AvgIpc) is 2.08. The summed E-state index contributed by atoms with van der Waals surface area (Å²) < 4.78 is 0. The lowest BCUT2D eigenvalue weighted by Crippen LogP contribution is -2.30. The molecular weight excluding hydrogens is 178 g/mol. The van der Waals surface area contributed by atoms with Crippen LogP contribution in [0.3, 0.4) is 0 Å². The Kier molecular flexibility index (Phi) is 3.43. The second kappa shape index (κ2) is 4.39. The van der Waals surface area contributed by atoms with E-state index in [4.69, 9.17) is 11.5 Å². The zero-order valence-corrected chi connectivity index (χ0v) is 8.40. The van der Waals surface area contributed by atoms with Crippen molar-refractivity contribution in [2.24, 2.45) is 5.73 Å². The van der Waals surface area contributed by atoms with Gasteiger partial charge in [0.25, 0.3) is 0 Å². The van der Waals surface area contributed by atoms with Gasteiger partial charge in [0.15, 0.2) is 0 Å². The van der Waals surface area contributed by atoms with Gasteiger partial charge in [0, 0.05) is 12.6 Å². The van der Waals surface area contributed by atoms with E-state index in [1.54, 1.807) is 13.1 Å². The lowest BCUT2D eigenvalue weighted by molar-refractivity contribution is 0.0540. The molecule has 0 fully saturated rings. The van der Waals surface area contributed by atoms with Crippen LogP contribution in [0.5, 0.6) is 0 Å². The molecule has 1 rings (SSSR count). The van der Waals surface area contributed by atoms with Gasteiger partial charge >= 0.3 is 0 Å². The monoisotopic (exact) mass is 195 g/mol. The molecule has 0 aliphatic heterocycles. The van der Waals surface area contributed by atoms with E-state index in [0.717, 1.165) is 5.56 Å². The van der Waals surface area contributed by atoms with E-state index in [1.165, 1.54) is 0 Å². The van der Waals surface area contributed by atoms with E-state index in [0.29, 0.717) is 25.2 Å². The first-order valence-electron chi connectivity index (χ1n) is 4.67. The molecule has 5 N–H and O–H groups in total. The highest BCUT2D eigenvalue weighted by molar-refractivity contribution is 5.39. The molecular formula is C10H17N3O. The van der Waals surface area contributed by atoms with Gasteiger partial charge in [-0.15, -0.1) is 0 Å². The van der Waals surface area contributed by atoms with E-state index in [9.17, 15) is 5.11 Å². The number of nitrogens with two attached hydrogens (primary N) is 2. The second-order valence-corrected chi connectivity index (χ2v) is 3.76. The van der Waals surface area contributed by atoms with Crippen LogP contribution in [0, 0.1) is 0 Å². The highest BCUT2D eigenvalue weighted by Crippen LogP contribution is 2.18. The second-order valence-electron chi connectivity index (χ2n) is 3.76. The third-order valence-electron chi connectivity index (χ3n) is 2.18. The van der Waals surface area contributed by atoms with E-state index in [2.05, 4.69) is 4.98 Å². The van der Waals surface area contributed by atoms with Crippen LogP contribution in [0.1, 0.15) is 18.9 Å². The minimum absolute atomic E-state index is 0.465. The standard InChI is InChI=1S/C10H17N3O/c1-10(14,4-5-11)7-8-3-2-6-13-9(8)12/h2-3,6,14H,4-5,7,11H2,1H3,(H2,12,13). The number of aromatic nitrogens is 1. The minimum atomic E-state index is -0.800. The molecule has 0 bridgehead atoms. The van der Waals surface area contributed by atoms with Gasteiger partial charge in [0.05, 0.1) is 5.60 Å². The maximum Gasteiger partial charge on any atom is 0.126 e. The molecule has 0 saturated heterocycles. The number of hydrogen-bond donors (Lipinski definition) is 3. The van der Waals surface area contributed by atoms with Crippen LogP contribution in [0.4, 0.5) is 5.82 Å². The van der Waals surface area contributed by atoms with Crippen molar-refractivity contribution >= 4 is 5.82 Å². The zero-order valence-electron chi connectivity index (χ0n) is 8.40. The summed E-state index contributed by atoms with van der Waals surface area (Å²) in [5.41, 5.74) is 11.1. The predicted octanol–water partition coefficient (Wildman–Crippen LogP) is 0.306. The molecule has 0 spiro atoms. The molecule has 1 heterocycles. The van der Waals surface area contributed by atoms with Gasteiger partial charge < -0.3 is 16.6 Å². The molecule has 4 heteroatoms. The first-order chi connectivity index (χ1) is 6.55. The maximum atomic E-state index is 9.93. The normalized spacial score (nSPS) is 15.1. The molecule has 14 heavy (non-hydrogen) atoms. The molecule has 0 aromatic carbocycles. The Morgan fingerprint density at radius 1 is 1.57 bits per heavy atom. The van der Waals surface area contributed by atoms with E-state index in [1.807, 2.05) is 12.1 Å². The van der Waals surface area contributed by atoms with Gasteiger partial charge in [-0.05, 0) is 31.5 Å². The molecule has 0 saturated carbocycles. The Morgan fingerprint density at radius 2 is 2.29 bits per heavy atom. The van der Waals surface area contributed by atoms with Crippen molar-refractivity contribution in [3.63, 3.8) is 0 Å². The van der Waals surface area contributed by atoms with Crippen molar-refractivity contribution in [3.8, 4) is 0 Å². The van der Waals surface area contributed by atoms with Crippen LogP contribution in [0.25, 0.3) is 0 Å². The van der Waals surface area contributed by atoms with Crippen LogP contribution in [0.15, 0.2) is 18.3 Å². The number of nitrogen functional groups attached to an aromatic ring is 1. The number of pyridine rings is 1. The molecule has 0 aliphatic rings. The summed E-state index contributed by atoms with van der Waals surface area (Å²) in [4.78, 5) is 3.96. The summed E-state index contributed by atoms with van der Waals surface area (Å²) in [6.45, 7) is 2.22. The van der Waals surface area contributed by atoms with Gasteiger partial charge in [-0.25, -0.2) is 4.98 Å². The fourth-order valence-electron chi connectivity index (χ4n) is 1.41. The maximum absolute atomic E-state index is 9.93. The number of aliphatic hydroxyl groups is 1. The molecule has 1 aromatic rings. The van der Waals surface area contributed by atoms with Gasteiger partial charge in [-0.1, -0.05) is 6.07 Å². The number of anilines is 1. The zero-order chi connectivity index (χ0) is 10.6. The first-order valence-corrected chi connectivity index (χ1v) is 4.67. The van der Waals surface area contributed by atoms with Crippen molar-refractivity contribution < 1.29 is 5.11 Å². The highest BCUT2D eigenvalue weighted by atomic mass is 16.3. The van der Waals surface area contributed by atoms with Crippen LogP contribution in [-0.2, 0) is 6.42 Å². The number of rotatable bonds is 4. The van der Waals surface area contributed by atoms with E-state index in [-0.39, 0.29) is 0 Å². The molecule has 0 amide bonds.